The molecule has 67 heavy (non-hydrogen) atoms. The van der Waals surface area contributed by atoms with Crippen LogP contribution in [0.2, 0.25) is 0 Å². The number of nitrogens with zero attached hydrogens (tertiary/aromatic N) is 10. The molecule has 0 atom stereocenters. The van der Waals surface area contributed by atoms with Crippen LogP contribution in [-0.4, -0.2) is 77.6 Å². The molecule has 0 saturated heterocycles. The first-order valence-corrected chi connectivity index (χ1v) is 22.7. The zero-order chi connectivity index (χ0) is 46.5. The summed E-state index contributed by atoms with van der Waals surface area (Å²) in [5.41, 5.74) is 7.11. The highest BCUT2D eigenvalue weighted by molar-refractivity contribution is 5.65. The molecule has 346 valence electrons. The average molecular weight is 906 g/mol. The normalized spacial score (nSPS) is 11.4. The van der Waals surface area contributed by atoms with Gasteiger partial charge in [-0.3, -0.25) is 0 Å². The van der Waals surface area contributed by atoms with Crippen molar-refractivity contribution < 1.29 is 34.1 Å². The van der Waals surface area contributed by atoms with Crippen molar-refractivity contribution in [3.63, 3.8) is 0 Å². The highest BCUT2D eigenvalue weighted by Crippen LogP contribution is 2.26. The van der Waals surface area contributed by atoms with Crippen molar-refractivity contribution in [1.82, 2.24) is 4.57 Å². The lowest BCUT2D eigenvalue weighted by Gasteiger charge is -2.23. The van der Waals surface area contributed by atoms with E-state index in [4.69, 9.17) is 0 Å². The quantitative estimate of drug-likeness (QED) is 0.0240. The minimum Gasteiger partial charge on any atom is -0.395 e. The summed E-state index contributed by atoms with van der Waals surface area (Å²) in [6, 6.07) is 43.4. The number of aryl methyl sites for hydroxylation is 4. The Morgan fingerprint density at radius 1 is 0.448 bits per heavy atom. The fraction of sp³-hybridized carbons (Fsp3) is 0.275. The minimum absolute atomic E-state index is 0.0264. The monoisotopic (exact) mass is 905 g/mol. The van der Waals surface area contributed by atoms with Crippen molar-refractivity contribution in [3.8, 4) is 0 Å². The van der Waals surface area contributed by atoms with E-state index in [1.165, 1.54) is 0 Å². The van der Waals surface area contributed by atoms with Crippen LogP contribution < -0.4 is 34.1 Å². The summed E-state index contributed by atoms with van der Waals surface area (Å²) < 4.78 is 8.69. The first-order valence-electron chi connectivity index (χ1n) is 22.7. The summed E-state index contributed by atoms with van der Waals surface area (Å²) in [4.78, 5) is 3.89. The molecule has 4 aromatic carbocycles. The second-order valence-corrected chi connectivity index (χ2v) is 15.8. The molecule has 6 N–H and O–H groups in total. The van der Waals surface area contributed by atoms with Crippen molar-refractivity contribution >= 4 is 57.1 Å². The Morgan fingerprint density at radius 2 is 0.866 bits per heavy atom. The van der Waals surface area contributed by atoms with E-state index in [0.717, 1.165) is 96.2 Å². The van der Waals surface area contributed by atoms with Crippen LogP contribution in [0.25, 0.3) is 0 Å². The third-order valence-corrected chi connectivity index (χ3v) is 11.0. The van der Waals surface area contributed by atoms with E-state index in [-0.39, 0.29) is 26.4 Å². The maximum atomic E-state index is 9.34. The van der Waals surface area contributed by atoms with Crippen molar-refractivity contribution in [3.05, 3.63) is 165 Å². The lowest BCUT2D eigenvalue weighted by Crippen LogP contribution is -2.38. The summed E-state index contributed by atoms with van der Waals surface area (Å²) in [6.45, 7) is 5.30. The molecule has 0 radical (unpaired) electrons. The van der Waals surface area contributed by atoms with Gasteiger partial charge < -0.3 is 40.9 Å². The number of azo groups is 2. The molecule has 0 aliphatic rings. The number of aliphatic hydroxyl groups excluding tert-OH is 4. The van der Waals surface area contributed by atoms with E-state index in [0.29, 0.717) is 26.2 Å². The molecule has 7 rings (SSSR count). The van der Waals surface area contributed by atoms with Crippen LogP contribution >= 0.6 is 0 Å². The SMILES string of the molecule is OCCN(CCO)c1ccc(Nc2ccc(/N=N/c3cccc[n+]3CCCn3cc[n+](CCC[n+]4ccccc4/N=N/c4ccc(Nc5ccc(N(CCO)CCO)cc5)cc4)c3)cc2)cc1. The molecule has 3 aromatic heterocycles. The molecular formula is C51H61N12O4+3. The van der Waals surface area contributed by atoms with E-state index in [2.05, 4.69) is 68.1 Å². The largest absolute Gasteiger partial charge is 0.395 e. The molecule has 0 saturated carbocycles. The van der Waals surface area contributed by atoms with Crippen LogP contribution in [0.15, 0.2) is 185 Å². The van der Waals surface area contributed by atoms with Gasteiger partial charge in [-0.2, -0.15) is 0 Å². The maximum Gasteiger partial charge on any atom is 0.350 e. The molecule has 0 fully saturated rings. The first-order chi connectivity index (χ1) is 33.0. The topological polar surface area (TPSA) is 177 Å². The lowest BCUT2D eigenvalue weighted by molar-refractivity contribution is -0.721. The minimum atomic E-state index is 0.0264. The van der Waals surface area contributed by atoms with Gasteiger partial charge >= 0.3 is 11.6 Å². The summed E-state index contributed by atoms with van der Waals surface area (Å²) in [5.74, 6) is 1.57. The van der Waals surface area contributed by atoms with E-state index in [9.17, 15) is 20.4 Å². The van der Waals surface area contributed by atoms with Crippen molar-refractivity contribution in [2.75, 3.05) is 73.0 Å². The number of hydrogen-bond acceptors (Lipinski definition) is 12. The third-order valence-electron chi connectivity index (χ3n) is 11.0. The fourth-order valence-electron chi connectivity index (χ4n) is 7.55. The van der Waals surface area contributed by atoms with Gasteiger partial charge in [-0.05, 0) is 119 Å². The maximum absolute atomic E-state index is 9.34. The van der Waals surface area contributed by atoms with Gasteiger partial charge in [0, 0.05) is 85.3 Å². The van der Waals surface area contributed by atoms with Crippen molar-refractivity contribution in [2.45, 2.75) is 39.0 Å². The number of aliphatic hydroxyl groups is 4. The third kappa shape index (κ3) is 14.6. The Morgan fingerprint density at radius 3 is 1.30 bits per heavy atom. The number of benzene rings is 4. The predicted octanol–water partition coefficient (Wildman–Crippen LogP) is 7.43. The molecule has 0 aliphatic carbocycles. The van der Waals surface area contributed by atoms with Gasteiger partial charge in [0.2, 0.25) is 6.33 Å². The average Bonchev–Trinajstić information content (AvgIpc) is 3.82. The molecular weight excluding hydrogens is 845 g/mol. The predicted molar refractivity (Wildman–Crippen MR) is 261 cm³/mol. The molecule has 0 amide bonds. The molecule has 3 heterocycles. The van der Waals surface area contributed by atoms with E-state index < -0.39 is 0 Å². The Hall–Kier alpha value is -7.37. The summed E-state index contributed by atoms with van der Waals surface area (Å²) in [6.07, 6.45) is 12.3. The van der Waals surface area contributed by atoms with Crippen LogP contribution in [-0.2, 0) is 26.2 Å². The standard InChI is InChI=1S/C51H59N12O4/c64-37-33-60(34-38-65)48-21-17-44(18-22-48)52-42-9-13-46(14-10-42)54-56-50-7-1-3-27-62(50)29-5-25-58-31-32-59(41-58)26-6-30-63-28-4-2-8-51(63)57-55-47-15-11-43(12-16-47)53-45-19-23-49(24-20-45)61(35-39-66)36-40-67/h1-4,7-24,27-28,31-32,41,64-67H,5-6,25-26,29-30,33-40H2/q+1/p+2. The van der Waals surface area contributed by atoms with Gasteiger partial charge in [0.05, 0.1) is 75.2 Å². The van der Waals surface area contributed by atoms with E-state index in [1.54, 1.807) is 0 Å². The lowest BCUT2D eigenvalue weighted by atomic mass is 10.2. The molecule has 0 bridgehead atoms. The highest BCUT2D eigenvalue weighted by Gasteiger charge is 2.13. The van der Waals surface area contributed by atoms with Crippen molar-refractivity contribution in [2.24, 2.45) is 20.5 Å². The second kappa shape index (κ2) is 25.4. The Kier molecular flexibility index (Phi) is 18.0. The number of imidazole rings is 1. The highest BCUT2D eigenvalue weighted by atomic mass is 16.3. The molecule has 16 heteroatoms. The zero-order valence-electron chi connectivity index (χ0n) is 37.7. The molecule has 7 aromatic rings. The van der Waals surface area contributed by atoms with Crippen LogP contribution in [0, 0.1) is 0 Å². The van der Waals surface area contributed by atoms with E-state index >= 15 is 0 Å². The summed E-state index contributed by atoms with van der Waals surface area (Å²) in [7, 11) is 0. The van der Waals surface area contributed by atoms with Gasteiger partial charge in [-0.1, -0.05) is 12.1 Å². The number of rotatable bonds is 26. The van der Waals surface area contributed by atoms with Gasteiger partial charge in [-0.15, -0.1) is 0 Å². The molecule has 0 aliphatic heterocycles. The number of pyridine rings is 2. The van der Waals surface area contributed by atoms with Crippen molar-refractivity contribution in [1.29, 1.82) is 0 Å². The molecule has 16 nitrogen and oxygen atoms in total. The van der Waals surface area contributed by atoms with Gasteiger partial charge in [-0.25, -0.2) is 18.3 Å². The zero-order valence-corrected chi connectivity index (χ0v) is 37.7. The van der Waals surface area contributed by atoms with Gasteiger partial charge in [0.15, 0.2) is 0 Å². The molecule has 0 spiro atoms. The Bertz CT molecular complexity index is 2410. The van der Waals surface area contributed by atoms with Crippen LogP contribution in [0.4, 0.5) is 57.1 Å². The van der Waals surface area contributed by atoms with Crippen LogP contribution in [0.1, 0.15) is 12.8 Å². The number of nitrogens with one attached hydrogen (secondary N) is 2. The van der Waals surface area contributed by atoms with E-state index in [1.807, 2.05) is 156 Å². The van der Waals surface area contributed by atoms with Gasteiger partial charge in [0.1, 0.15) is 23.8 Å². The number of aromatic nitrogens is 4. The number of anilines is 6. The first kappa shape index (κ1) is 47.6. The van der Waals surface area contributed by atoms with Crippen LogP contribution in [0.3, 0.4) is 0 Å². The summed E-state index contributed by atoms with van der Waals surface area (Å²) >= 11 is 0. The Labute approximate surface area is 391 Å². The summed E-state index contributed by atoms with van der Waals surface area (Å²) in [5, 5.41) is 62.4. The fourth-order valence-corrected chi connectivity index (χ4v) is 7.55. The van der Waals surface area contributed by atoms with Crippen LogP contribution in [0.5, 0.6) is 0 Å². The molecule has 0 unspecified atom stereocenters. The Balaban J connectivity index is 0.840. The second-order valence-electron chi connectivity index (χ2n) is 15.8. The number of hydrogen-bond donors (Lipinski definition) is 6. The van der Waals surface area contributed by atoms with Gasteiger partial charge in [0.25, 0.3) is 0 Å². The smallest absolute Gasteiger partial charge is 0.350 e.